The first kappa shape index (κ1) is 16.1. The SMILES string of the molecule is COC(=O)C(C[C@@]1(C(=O)OC)CCCC1=O)NC(C)=O. The fourth-order valence-corrected chi connectivity index (χ4v) is 2.57. The zero-order chi connectivity index (χ0) is 15.3. The predicted octanol–water partition coefficient (Wildman–Crippen LogP) is -0.0334. The lowest BCUT2D eigenvalue weighted by Gasteiger charge is -2.28. The third-order valence-corrected chi connectivity index (χ3v) is 3.53. The van der Waals surface area contributed by atoms with Crippen molar-refractivity contribution in [1.82, 2.24) is 5.32 Å². The van der Waals surface area contributed by atoms with E-state index in [9.17, 15) is 19.2 Å². The summed E-state index contributed by atoms with van der Waals surface area (Å²) in [5, 5.41) is 2.41. The molecule has 0 radical (unpaired) electrons. The Bertz CT molecular complexity index is 433. The first-order valence-electron chi connectivity index (χ1n) is 6.34. The lowest BCUT2D eigenvalue weighted by atomic mass is 9.79. The molecule has 0 bridgehead atoms. The molecule has 1 saturated carbocycles. The number of carbonyl (C=O) groups excluding carboxylic acids is 4. The van der Waals surface area contributed by atoms with Gasteiger partial charge >= 0.3 is 11.9 Å². The molecule has 0 heterocycles. The van der Waals surface area contributed by atoms with Crippen molar-refractivity contribution in [2.75, 3.05) is 14.2 Å². The number of Topliss-reactive ketones (excluding diaryl/α,β-unsaturated/α-hetero) is 1. The van der Waals surface area contributed by atoms with Gasteiger partial charge in [0.25, 0.3) is 0 Å². The van der Waals surface area contributed by atoms with Gasteiger partial charge in [0.1, 0.15) is 17.2 Å². The monoisotopic (exact) mass is 285 g/mol. The molecule has 112 valence electrons. The molecule has 1 N–H and O–H groups in total. The Morgan fingerprint density at radius 3 is 2.35 bits per heavy atom. The molecule has 1 aliphatic rings. The summed E-state index contributed by atoms with van der Waals surface area (Å²) in [5.74, 6) is -2.06. The highest BCUT2D eigenvalue weighted by Crippen LogP contribution is 2.40. The van der Waals surface area contributed by atoms with Crippen LogP contribution in [0.25, 0.3) is 0 Å². The van der Waals surface area contributed by atoms with E-state index in [2.05, 4.69) is 10.1 Å². The number of hydrogen-bond acceptors (Lipinski definition) is 6. The zero-order valence-corrected chi connectivity index (χ0v) is 11.9. The van der Waals surface area contributed by atoms with E-state index < -0.39 is 29.3 Å². The fraction of sp³-hybridized carbons (Fsp3) is 0.692. The van der Waals surface area contributed by atoms with Crippen molar-refractivity contribution < 1.29 is 28.7 Å². The standard InChI is InChI=1S/C13H19NO6/c1-8(15)14-9(11(17)19-2)7-13(12(18)20-3)6-4-5-10(13)16/h9H,4-7H2,1-3H3,(H,14,15)/t9?,13-/m0/s1. The molecule has 7 nitrogen and oxygen atoms in total. The maximum Gasteiger partial charge on any atom is 0.328 e. The second-order valence-electron chi connectivity index (χ2n) is 4.83. The van der Waals surface area contributed by atoms with E-state index in [0.29, 0.717) is 12.8 Å². The number of carbonyl (C=O) groups is 4. The number of methoxy groups -OCH3 is 2. The van der Waals surface area contributed by atoms with Crippen LogP contribution in [-0.4, -0.2) is 43.9 Å². The van der Waals surface area contributed by atoms with Crippen LogP contribution in [0.4, 0.5) is 0 Å². The number of nitrogens with one attached hydrogen (secondary N) is 1. The van der Waals surface area contributed by atoms with Gasteiger partial charge in [-0.15, -0.1) is 0 Å². The molecular formula is C13H19NO6. The van der Waals surface area contributed by atoms with Crippen LogP contribution in [-0.2, 0) is 28.7 Å². The maximum atomic E-state index is 12.1. The van der Waals surface area contributed by atoms with Gasteiger partial charge in [-0.05, 0) is 12.8 Å². The van der Waals surface area contributed by atoms with Gasteiger partial charge < -0.3 is 14.8 Å². The van der Waals surface area contributed by atoms with E-state index >= 15 is 0 Å². The van der Waals surface area contributed by atoms with Crippen LogP contribution in [0.15, 0.2) is 0 Å². The summed E-state index contributed by atoms with van der Waals surface area (Å²) in [7, 11) is 2.37. The number of ketones is 1. The van der Waals surface area contributed by atoms with E-state index in [0.717, 1.165) is 0 Å². The third kappa shape index (κ3) is 3.15. The van der Waals surface area contributed by atoms with Gasteiger partial charge in [0.15, 0.2) is 0 Å². The van der Waals surface area contributed by atoms with Crippen LogP contribution in [0, 0.1) is 5.41 Å². The molecule has 20 heavy (non-hydrogen) atoms. The van der Waals surface area contributed by atoms with Gasteiger partial charge in [0.05, 0.1) is 14.2 Å². The number of ether oxygens (including phenoxy) is 2. The van der Waals surface area contributed by atoms with Crippen LogP contribution >= 0.6 is 0 Å². The van der Waals surface area contributed by atoms with Crippen molar-refractivity contribution in [1.29, 1.82) is 0 Å². The number of hydrogen-bond donors (Lipinski definition) is 1. The van der Waals surface area contributed by atoms with Crippen molar-refractivity contribution in [2.45, 2.75) is 38.6 Å². The number of esters is 2. The Labute approximate surface area is 117 Å². The molecule has 2 atom stereocenters. The molecule has 1 amide bonds. The molecule has 0 spiro atoms. The minimum atomic E-state index is -1.37. The Morgan fingerprint density at radius 2 is 1.95 bits per heavy atom. The summed E-state index contributed by atoms with van der Waals surface area (Å²) in [5.41, 5.74) is -1.37. The summed E-state index contributed by atoms with van der Waals surface area (Å²) in [6, 6.07) is -1.04. The van der Waals surface area contributed by atoms with Crippen LogP contribution in [0.3, 0.4) is 0 Å². The van der Waals surface area contributed by atoms with Crippen LogP contribution in [0.2, 0.25) is 0 Å². The van der Waals surface area contributed by atoms with E-state index in [1.54, 1.807) is 0 Å². The average molecular weight is 285 g/mol. The Kier molecular flexibility index (Phi) is 5.24. The second-order valence-corrected chi connectivity index (χ2v) is 4.83. The predicted molar refractivity (Wildman–Crippen MR) is 67.5 cm³/mol. The van der Waals surface area contributed by atoms with E-state index in [1.807, 2.05) is 0 Å². The summed E-state index contributed by atoms with van der Waals surface area (Å²) >= 11 is 0. The minimum absolute atomic E-state index is 0.134. The van der Waals surface area contributed by atoms with Gasteiger partial charge in [0, 0.05) is 19.8 Å². The topological polar surface area (TPSA) is 98.8 Å². The molecule has 1 unspecified atom stereocenters. The largest absolute Gasteiger partial charge is 0.468 e. The van der Waals surface area contributed by atoms with Crippen molar-refractivity contribution >= 4 is 23.6 Å². The van der Waals surface area contributed by atoms with Gasteiger partial charge in [-0.1, -0.05) is 0 Å². The van der Waals surface area contributed by atoms with Crippen molar-refractivity contribution in [2.24, 2.45) is 5.41 Å². The van der Waals surface area contributed by atoms with Crippen LogP contribution < -0.4 is 5.32 Å². The van der Waals surface area contributed by atoms with Crippen LogP contribution in [0.5, 0.6) is 0 Å². The molecule has 0 aromatic heterocycles. The molecule has 0 aromatic rings. The third-order valence-electron chi connectivity index (χ3n) is 3.53. The zero-order valence-electron chi connectivity index (χ0n) is 11.9. The minimum Gasteiger partial charge on any atom is -0.468 e. The van der Waals surface area contributed by atoms with E-state index in [-0.39, 0.29) is 18.6 Å². The van der Waals surface area contributed by atoms with Gasteiger partial charge in [-0.25, -0.2) is 4.79 Å². The Balaban J connectivity index is 3.02. The lowest BCUT2D eigenvalue weighted by molar-refractivity contribution is -0.159. The van der Waals surface area contributed by atoms with Gasteiger partial charge in [-0.3, -0.25) is 14.4 Å². The quantitative estimate of drug-likeness (QED) is 0.562. The van der Waals surface area contributed by atoms with E-state index in [4.69, 9.17) is 4.74 Å². The summed E-state index contributed by atoms with van der Waals surface area (Å²) in [6.07, 6.45) is 1.00. The van der Waals surface area contributed by atoms with Crippen molar-refractivity contribution in [3.05, 3.63) is 0 Å². The lowest BCUT2D eigenvalue weighted by Crippen LogP contribution is -2.48. The molecule has 1 rings (SSSR count). The smallest absolute Gasteiger partial charge is 0.328 e. The highest BCUT2D eigenvalue weighted by atomic mass is 16.5. The first-order valence-corrected chi connectivity index (χ1v) is 6.34. The van der Waals surface area contributed by atoms with E-state index in [1.165, 1.54) is 21.1 Å². The summed E-state index contributed by atoms with van der Waals surface area (Å²) < 4.78 is 9.30. The van der Waals surface area contributed by atoms with Crippen molar-refractivity contribution in [3.8, 4) is 0 Å². The highest BCUT2D eigenvalue weighted by molar-refractivity contribution is 6.05. The number of rotatable bonds is 5. The fourth-order valence-electron chi connectivity index (χ4n) is 2.57. The van der Waals surface area contributed by atoms with Gasteiger partial charge in [-0.2, -0.15) is 0 Å². The molecular weight excluding hydrogens is 266 g/mol. The van der Waals surface area contributed by atoms with Crippen LogP contribution in [0.1, 0.15) is 32.6 Å². The summed E-state index contributed by atoms with van der Waals surface area (Å²) in [6.45, 7) is 1.25. The summed E-state index contributed by atoms with van der Waals surface area (Å²) in [4.78, 5) is 46.9. The molecule has 0 aliphatic heterocycles. The maximum absolute atomic E-state index is 12.1. The molecule has 1 aliphatic carbocycles. The highest BCUT2D eigenvalue weighted by Gasteiger charge is 2.52. The molecule has 0 saturated heterocycles. The first-order chi connectivity index (χ1) is 9.37. The van der Waals surface area contributed by atoms with Crippen molar-refractivity contribution in [3.63, 3.8) is 0 Å². The normalized spacial score (nSPS) is 23.1. The molecule has 1 fully saturated rings. The Hall–Kier alpha value is -1.92. The van der Waals surface area contributed by atoms with Gasteiger partial charge in [0.2, 0.25) is 5.91 Å². The second kappa shape index (κ2) is 6.49. The number of amides is 1. The Morgan fingerprint density at radius 1 is 1.30 bits per heavy atom. The molecule has 0 aromatic carbocycles. The molecule has 7 heteroatoms. The average Bonchev–Trinajstić information content (AvgIpc) is 2.78.